The Kier molecular flexibility index (Phi) is 3.21. The number of hydrogen-bond acceptors (Lipinski definition) is 3. The van der Waals surface area contributed by atoms with Crippen LogP contribution < -0.4 is 4.90 Å². The minimum atomic E-state index is 0.0167. The van der Waals surface area contributed by atoms with Crippen LogP contribution in [0, 0.1) is 0 Å². The first-order valence-electron chi connectivity index (χ1n) is 7.90. The summed E-state index contributed by atoms with van der Waals surface area (Å²) in [5.74, 6) is 0.136. The molecule has 0 aromatic carbocycles. The SMILES string of the molecule is Cn1cc(N2C(=O)CC[C@@H]3[C@H]2CCN3C(=O)c2ccc[nH]2)cn1. The van der Waals surface area contributed by atoms with Crippen LogP contribution in [0.1, 0.15) is 29.8 Å². The first kappa shape index (κ1) is 14.0. The number of hydrogen-bond donors (Lipinski definition) is 1. The Bertz CT molecular complexity index is 735. The first-order chi connectivity index (χ1) is 11.1. The molecule has 2 saturated heterocycles. The number of aromatic nitrogens is 3. The van der Waals surface area contributed by atoms with Crippen LogP contribution in [-0.2, 0) is 11.8 Å². The lowest BCUT2D eigenvalue weighted by Gasteiger charge is -2.38. The number of carbonyl (C=O) groups excluding carboxylic acids is 2. The lowest BCUT2D eigenvalue weighted by atomic mass is 9.95. The Morgan fingerprint density at radius 2 is 2.22 bits per heavy atom. The molecule has 7 nitrogen and oxygen atoms in total. The van der Waals surface area contributed by atoms with E-state index < -0.39 is 0 Å². The second-order valence-electron chi connectivity index (χ2n) is 6.18. The number of nitrogens with zero attached hydrogens (tertiary/aromatic N) is 4. The molecule has 0 saturated carbocycles. The maximum absolute atomic E-state index is 12.7. The number of likely N-dealkylation sites (tertiary alicyclic amines) is 1. The molecular weight excluding hydrogens is 294 g/mol. The van der Waals surface area contributed by atoms with Crippen LogP contribution in [0.3, 0.4) is 0 Å². The van der Waals surface area contributed by atoms with Crippen molar-refractivity contribution in [2.75, 3.05) is 11.4 Å². The summed E-state index contributed by atoms with van der Waals surface area (Å²) in [6.45, 7) is 0.678. The normalized spacial score (nSPS) is 24.1. The number of nitrogens with one attached hydrogen (secondary N) is 1. The smallest absolute Gasteiger partial charge is 0.270 e. The number of anilines is 1. The number of carbonyl (C=O) groups is 2. The van der Waals surface area contributed by atoms with Crippen molar-refractivity contribution in [2.45, 2.75) is 31.3 Å². The van der Waals surface area contributed by atoms with E-state index in [0.717, 1.165) is 18.5 Å². The maximum Gasteiger partial charge on any atom is 0.270 e. The average molecular weight is 313 g/mol. The van der Waals surface area contributed by atoms with Gasteiger partial charge in [-0.1, -0.05) is 0 Å². The van der Waals surface area contributed by atoms with Gasteiger partial charge < -0.3 is 14.8 Å². The van der Waals surface area contributed by atoms with Crippen LogP contribution in [0.2, 0.25) is 0 Å². The largest absolute Gasteiger partial charge is 0.357 e. The van der Waals surface area contributed by atoms with Crippen LogP contribution in [0.15, 0.2) is 30.7 Å². The standard InChI is InChI=1S/C16H19N5O2/c1-19-10-11(9-18-19)21-14-6-8-20(13(14)4-5-15(21)22)16(23)12-3-2-7-17-12/h2-3,7,9-10,13-14,17H,4-6,8H2,1H3/t13-,14-/m1/s1. The number of rotatable bonds is 2. The molecule has 120 valence electrons. The van der Waals surface area contributed by atoms with E-state index in [1.54, 1.807) is 23.1 Å². The third-order valence-corrected chi connectivity index (χ3v) is 4.82. The Labute approximate surface area is 133 Å². The van der Waals surface area contributed by atoms with E-state index in [-0.39, 0.29) is 23.9 Å². The molecule has 0 radical (unpaired) electrons. The number of piperidine rings is 1. The molecule has 2 aromatic rings. The highest BCUT2D eigenvalue weighted by molar-refractivity contribution is 5.97. The average Bonchev–Trinajstić information content (AvgIpc) is 3.26. The van der Waals surface area contributed by atoms with Crippen molar-refractivity contribution >= 4 is 17.5 Å². The summed E-state index contributed by atoms with van der Waals surface area (Å²) in [5, 5.41) is 4.17. The fourth-order valence-electron chi connectivity index (χ4n) is 3.80. The summed E-state index contributed by atoms with van der Waals surface area (Å²) in [7, 11) is 1.84. The van der Waals surface area contributed by atoms with Crippen LogP contribution in [0.4, 0.5) is 5.69 Å². The van der Waals surface area contributed by atoms with Crippen molar-refractivity contribution < 1.29 is 9.59 Å². The fraction of sp³-hybridized carbons (Fsp3) is 0.438. The highest BCUT2D eigenvalue weighted by Gasteiger charge is 2.45. The lowest BCUT2D eigenvalue weighted by molar-refractivity contribution is -0.120. The van der Waals surface area contributed by atoms with Crippen LogP contribution in [-0.4, -0.2) is 50.1 Å². The number of amides is 2. The molecule has 2 fully saturated rings. The van der Waals surface area contributed by atoms with Gasteiger partial charge in [0.25, 0.3) is 5.91 Å². The molecule has 1 N–H and O–H groups in total. The summed E-state index contributed by atoms with van der Waals surface area (Å²) in [4.78, 5) is 31.8. The van der Waals surface area contributed by atoms with Gasteiger partial charge in [-0.15, -0.1) is 0 Å². The summed E-state index contributed by atoms with van der Waals surface area (Å²) < 4.78 is 1.70. The monoisotopic (exact) mass is 313 g/mol. The summed E-state index contributed by atoms with van der Waals surface area (Å²) in [6.07, 6.45) is 7.33. The molecule has 4 rings (SSSR count). The zero-order chi connectivity index (χ0) is 16.0. The second-order valence-corrected chi connectivity index (χ2v) is 6.18. The Morgan fingerprint density at radius 1 is 1.35 bits per heavy atom. The van der Waals surface area contributed by atoms with Gasteiger partial charge in [-0.2, -0.15) is 5.10 Å². The van der Waals surface area contributed by atoms with Gasteiger partial charge in [0.05, 0.1) is 24.0 Å². The second kappa shape index (κ2) is 5.26. The topological polar surface area (TPSA) is 74.2 Å². The molecule has 2 atom stereocenters. The predicted molar refractivity (Wildman–Crippen MR) is 84.0 cm³/mol. The summed E-state index contributed by atoms with van der Waals surface area (Å²) >= 11 is 0. The quantitative estimate of drug-likeness (QED) is 0.904. The predicted octanol–water partition coefficient (Wildman–Crippen LogP) is 1.16. The van der Waals surface area contributed by atoms with Crippen molar-refractivity contribution in [1.29, 1.82) is 0 Å². The Hall–Kier alpha value is -2.57. The zero-order valence-electron chi connectivity index (χ0n) is 13.0. The number of aromatic amines is 1. The van der Waals surface area contributed by atoms with E-state index in [9.17, 15) is 9.59 Å². The molecule has 0 spiro atoms. The first-order valence-corrected chi connectivity index (χ1v) is 7.90. The van der Waals surface area contributed by atoms with E-state index in [2.05, 4.69) is 10.1 Å². The van der Waals surface area contributed by atoms with Gasteiger partial charge >= 0.3 is 0 Å². The maximum atomic E-state index is 12.7. The van der Waals surface area contributed by atoms with Crippen LogP contribution in [0.5, 0.6) is 0 Å². The number of H-pyrrole nitrogens is 1. The van der Waals surface area contributed by atoms with Crippen molar-refractivity contribution in [3.8, 4) is 0 Å². The third kappa shape index (κ3) is 2.23. The van der Waals surface area contributed by atoms with Crippen LogP contribution >= 0.6 is 0 Å². The zero-order valence-corrected chi connectivity index (χ0v) is 13.0. The minimum Gasteiger partial charge on any atom is -0.357 e. The van der Waals surface area contributed by atoms with Gasteiger partial charge in [-0.25, -0.2) is 0 Å². The van der Waals surface area contributed by atoms with E-state index in [1.165, 1.54) is 0 Å². The van der Waals surface area contributed by atoms with Gasteiger partial charge in [0.2, 0.25) is 5.91 Å². The fourth-order valence-corrected chi connectivity index (χ4v) is 3.80. The van der Waals surface area contributed by atoms with Gasteiger partial charge in [-0.05, 0) is 25.0 Å². The van der Waals surface area contributed by atoms with Gasteiger partial charge in [0.1, 0.15) is 5.69 Å². The Balaban J connectivity index is 1.61. The third-order valence-electron chi connectivity index (χ3n) is 4.82. The van der Waals surface area contributed by atoms with E-state index in [1.807, 2.05) is 29.1 Å². The molecule has 2 aliphatic rings. The molecule has 2 amide bonds. The molecular formula is C16H19N5O2. The highest BCUT2D eigenvalue weighted by atomic mass is 16.2. The van der Waals surface area contributed by atoms with E-state index >= 15 is 0 Å². The van der Waals surface area contributed by atoms with E-state index in [0.29, 0.717) is 18.7 Å². The number of aryl methyl sites for hydroxylation is 1. The molecule has 0 aliphatic carbocycles. The molecule has 2 aromatic heterocycles. The molecule has 2 aliphatic heterocycles. The van der Waals surface area contributed by atoms with Gasteiger partial charge in [-0.3, -0.25) is 14.3 Å². The molecule has 23 heavy (non-hydrogen) atoms. The molecule has 0 bridgehead atoms. The summed E-state index contributed by atoms with van der Waals surface area (Å²) in [5.41, 5.74) is 1.43. The van der Waals surface area contributed by atoms with Crippen LogP contribution in [0.25, 0.3) is 0 Å². The number of fused-ring (bicyclic) bond motifs is 1. The Morgan fingerprint density at radius 3 is 2.91 bits per heavy atom. The summed E-state index contributed by atoms with van der Waals surface area (Å²) in [6, 6.07) is 3.73. The minimum absolute atomic E-state index is 0.0167. The van der Waals surface area contributed by atoms with Gasteiger partial charge in [0, 0.05) is 32.4 Å². The molecule has 7 heteroatoms. The molecule has 0 unspecified atom stereocenters. The molecule has 4 heterocycles. The van der Waals surface area contributed by atoms with Gasteiger partial charge in [0.15, 0.2) is 0 Å². The van der Waals surface area contributed by atoms with Crippen molar-refractivity contribution in [3.63, 3.8) is 0 Å². The van der Waals surface area contributed by atoms with Crippen molar-refractivity contribution in [2.24, 2.45) is 7.05 Å². The van der Waals surface area contributed by atoms with Crippen molar-refractivity contribution in [3.05, 3.63) is 36.4 Å². The van der Waals surface area contributed by atoms with E-state index in [4.69, 9.17) is 0 Å². The lowest BCUT2D eigenvalue weighted by Crippen LogP contribution is -2.53. The van der Waals surface area contributed by atoms with Crippen molar-refractivity contribution in [1.82, 2.24) is 19.7 Å². The highest BCUT2D eigenvalue weighted by Crippen LogP contribution is 2.35.